The molecule has 1 aromatic rings. The predicted octanol–water partition coefficient (Wildman–Crippen LogP) is 0.826. The van der Waals surface area contributed by atoms with Gasteiger partial charge in [-0.2, -0.15) is 10.4 Å². The van der Waals surface area contributed by atoms with E-state index in [4.69, 9.17) is 5.26 Å². The van der Waals surface area contributed by atoms with Crippen LogP contribution < -0.4 is 0 Å². The Morgan fingerprint density at radius 2 is 2.36 bits per heavy atom. The molecular weight excluding hydrogens is 180 g/mol. The zero-order valence-electron chi connectivity index (χ0n) is 7.85. The highest BCUT2D eigenvalue weighted by molar-refractivity contribution is 6.11. The van der Waals surface area contributed by atoms with E-state index < -0.39 is 0 Å². The Bertz CT molecular complexity index is 478. The maximum atomic E-state index is 11.7. The van der Waals surface area contributed by atoms with Crippen molar-refractivity contribution in [3.8, 4) is 6.07 Å². The Morgan fingerprint density at radius 3 is 3.00 bits per heavy atom. The van der Waals surface area contributed by atoms with Gasteiger partial charge in [-0.1, -0.05) is 6.92 Å². The number of hydrogen-bond acceptors (Lipinski definition) is 4. The van der Waals surface area contributed by atoms with Gasteiger partial charge in [-0.25, -0.2) is 0 Å². The van der Waals surface area contributed by atoms with Crippen molar-refractivity contribution in [1.82, 2.24) is 9.78 Å². The van der Waals surface area contributed by atoms with Crippen molar-refractivity contribution in [3.05, 3.63) is 11.4 Å². The summed E-state index contributed by atoms with van der Waals surface area (Å²) in [7, 11) is 1.64. The SMILES string of the molecule is CC1C=Nc2c(C#N)nn(C)c2C1=O. The molecule has 70 valence electrons. The number of carbonyl (C=O) groups is 1. The Hall–Kier alpha value is -1.96. The fourth-order valence-electron chi connectivity index (χ4n) is 1.46. The topological polar surface area (TPSA) is 71.0 Å². The molecule has 1 aliphatic rings. The number of aryl methyl sites for hydroxylation is 1. The zero-order chi connectivity index (χ0) is 10.3. The number of carbonyl (C=O) groups excluding carboxylic acids is 1. The molecule has 0 bridgehead atoms. The molecule has 5 heteroatoms. The second kappa shape index (κ2) is 2.77. The lowest BCUT2D eigenvalue weighted by Crippen LogP contribution is -2.19. The van der Waals surface area contributed by atoms with Crippen LogP contribution in [0, 0.1) is 17.2 Å². The molecule has 0 saturated carbocycles. The van der Waals surface area contributed by atoms with Crippen molar-refractivity contribution < 1.29 is 4.79 Å². The van der Waals surface area contributed by atoms with E-state index in [1.54, 1.807) is 20.2 Å². The number of Topliss-reactive ketones (excluding diaryl/α,β-unsaturated/α-hetero) is 1. The van der Waals surface area contributed by atoms with Gasteiger partial charge in [0.05, 0.1) is 5.92 Å². The summed E-state index contributed by atoms with van der Waals surface area (Å²) >= 11 is 0. The molecule has 1 aromatic heterocycles. The third-order valence-electron chi connectivity index (χ3n) is 2.20. The molecule has 0 amide bonds. The van der Waals surface area contributed by atoms with E-state index in [-0.39, 0.29) is 17.4 Å². The van der Waals surface area contributed by atoms with E-state index in [1.807, 2.05) is 6.07 Å². The average molecular weight is 188 g/mol. The highest BCUT2D eigenvalue weighted by atomic mass is 16.1. The quantitative estimate of drug-likeness (QED) is 0.605. The molecule has 0 aliphatic carbocycles. The molecule has 0 fully saturated rings. The maximum absolute atomic E-state index is 11.7. The number of rotatable bonds is 0. The van der Waals surface area contributed by atoms with E-state index in [2.05, 4.69) is 10.1 Å². The van der Waals surface area contributed by atoms with Crippen LogP contribution in [0.25, 0.3) is 0 Å². The summed E-state index contributed by atoms with van der Waals surface area (Å²) in [4.78, 5) is 15.8. The summed E-state index contributed by atoms with van der Waals surface area (Å²) in [6, 6.07) is 1.91. The first kappa shape index (κ1) is 8.63. The lowest BCUT2D eigenvalue weighted by molar-refractivity contribution is 0.0953. The number of hydrogen-bond donors (Lipinski definition) is 0. The van der Waals surface area contributed by atoms with E-state index in [9.17, 15) is 4.79 Å². The van der Waals surface area contributed by atoms with Crippen LogP contribution in [0.2, 0.25) is 0 Å². The van der Waals surface area contributed by atoms with Crippen LogP contribution >= 0.6 is 0 Å². The van der Waals surface area contributed by atoms with Crippen molar-refractivity contribution in [1.29, 1.82) is 5.26 Å². The van der Waals surface area contributed by atoms with Crippen molar-refractivity contribution in [3.63, 3.8) is 0 Å². The highest BCUT2D eigenvalue weighted by Gasteiger charge is 2.28. The average Bonchev–Trinajstić information content (AvgIpc) is 2.49. The molecule has 2 heterocycles. The highest BCUT2D eigenvalue weighted by Crippen LogP contribution is 2.28. The molecule has 0 N–H and O–H groups in total. The molecule has 5 nitrogen and oxygen atoms in total. The second-order valence-corrected chi connectivity index (χ2v) is 3.21. The fraction of sp³-hybridized carbons (Fsp3) is 0.333. The van der Waals surface area contributed by atoms with Gasteiger partial charge in [0.1, 0.15) is 17.5 Å². The van der Waals surface area contributed by atoms with Gasteiger partial charge in [-0.15, -0.1) is 0 Å². The minimum atomic E-state index is -0.232. The fourth-order valence-corrected chi connectivity index (χ4v) is 1.46. The predicted molar refractivity (Wildman–Crippen MR) is 49.6 cm³/mol. The number of fused-ring (bicyclic) bond motifs is 1. The van der Waals surface area contributed by atoms with Crippen LogP contribution in [-0.2, 0) is 7.05 Å². The Kier molecular flexibility index (Phi) is 1.71. The van der Waals surface area contributed by atoms with Crippen LogP contribution in [0.1, 0.15) is 23.1 Å². The molecule has 1 atom stereocenters. The smallest absolute Gasteiger partial charge is 0.191 e. The minimum absolute atomic E-state index is 0.0356. The van der Waals surface area contributed by atoms with Crippen LogP contribution in [0.4, 0.5) is 5.69 Å². The van der Waals surface area contributed by atoms with Crippen LogP contribution in [0.5, 0.6) is 0 Å². The Labute approximate surface area is 80.7 Å². The monoisotopic (exact) mass is 188 g/mol. The van der Waals surface area contributed by atoms with Gasteiger partial charge in [0.25, 0.3) is 0 Å². The number of nitriles is 1. The third kappa shape index (κ3) is 0.973. The number of ketones is 1. The van der Waals surface area contributed by atoms with Gasteiger partial charge in [0.15, 0.2) is 11.5 Å². The second-order valence-electron chi connectivity index (χ2n) is 3.21. The van der Waals surface area contributed by atoms with Gasteiger partial charge in [0.2, 0.25) is 0 Å². The summed E-state index contributed by atoms with van der Waals surface area (Å²) in [5, 5.41) is 12.7. The first-order valence-electron chi connectivity index (χ1n) is 4.20. The number of nitrogens with zero attached hydrogens (tertiary/aromatic N) is 4. The molecule has 0 spiro atoms. The van der Waals surface area contributed by atoms with E-state index in [1.165, 1.54) is 4.68 Å². The third-order valence-corrected chi connectivity index (χ3v) is 2.20. The molecule has 2 rings (SSSR count). The van der Waals surface area contributed by atoms with Crippen molar-refractivity contribution in [2.75, 3.05) is 0 Å². The molecule has 14 heavy (non-hydrogen) atoms. The van der Waals surface area contributed by atoms with Gasteiger partial charge in [0, 0.05) is 13.3 Å². The largest absolute Gasteiger partial charge is 0.292 e. The summed E-state index contributed by atoms with van der Waals surface area (Å²) in [5.41, 5.74) is 1.04. The maximum Gasteiger partial charge on any atom is 0.191 e. The molecule has 0 radical (unpaired) electrons. The summed E-state index contributed by atoms with van der Waals surface area (Å²) in [5.74, 6) is -0.268. The summed E-state index contributed by atoms with van der Waals surface area (Å²) < 4.78 is 1.42. The molecule has 1 unspecified atom stereocenters. The lowest BCUT2D eigenvalue weighted by atomic mass is 10.0. The van der Waals surface area contributed by atoms with Crippen molar-refractivity contribution in [2.24, 2.45) is 18.0 Å². The number of aliphatic imine (C=N–C) groups is 1. The van der Waals surface area contributed by atoms with E-state index in [0.717, 1.165) is 0 Å². The molecular formula is C9H8N4O. The minimum Gasteiger partial charge on any atom is -0.292 e. The van der Waals surface area contributed by atoms with Gasteiger partial charge >= 0.3 is 0 Å². The van der Waals surface area contributed by atoms with Crippen molar-refractivity contribution >= 4 is 17.7 Å². The van der Waals surface area contributed by atoms with Crippen molar-refractivity contribution in [2.45, 2.75) is 6.92 Å². The zero-order valence-corrected chi connectivity index (χ0v) is 7.85. The standard InChI is InChI=1S/C9H8N4O/c1-5-4-11-7-6(3-10)12-13(2)8(7)9(5)14/h4-5H,1-2H3. The Morgan fingerprint density at radius 1 is 1.64 bits per heavy atom. The Balaban J connectivity index is 2.71. The van der Waals surface area contributed by atoms with E-state index in [0.29, 0.717) is 11.4 Å². The van der Waals surface area contributed by atoms with Gasteiger partial charge in [-0.3, -0.25) is 14.5 Å². The lowest BCUT2D eigenvalue weighted by Gasteiger charge is -2.10. The summed E-state index contributed by atoms with van der Waals surface area (Å²) in [6.07, 6.45) is 1.55. The van der Waals surface area contributed by atoms with Gasteiger partial charge in [-0.05, 0) is 0 Å². The van der Waals surface area contributed by atoms with Crippen LogP contribution in [0.15, 0.2) is 4.99 Å². The van der Waals surface area contributed by atoms with Gasteiger partial charge < -0.3 is 0 Å². The number of aromatic nitrogens is 2. The summed E-state index contributed by atoms with van der Waals surface area (Å²) in [6.45, 7) is 1.77. The first-order chi connectivity index (χ1) is 6.65. The first-order valence-corrected chi connectivity index (χ1v) is 4.20. The molecule has 0 aromatic carbocycles. The van der Waals surface area contributed by atoms with E-state index >= 15 is 0 Å². The normalized spacial score (nSPS) is 19.2. The van der Waals surface area contributed by atoms with Crippen LogP contribution in [0.3, 0.4) is 0 Å². The van der Waals surface area contributed by atoms with Crippen LogP contribution in [-0.4, -0.2) is 21.8 Å². The molecule has 0 saturated heterocycles. The molecule has 1 aliphatic heterocycles.